The van der Waals surface area contributed by atoms with E-state index in [1.54, 1.807) is 18.2 Å². The minimum atomic E-state index is -3.68. The largest absolute Gasteiger partial charge is 0.316 e. The first-order chi connectivity index (χ1) is 6.51. The molecule has 0 bridgehead atoms. The molecule has 14 heavy (non-hydrogen) atoms. The minimum Gasteiger partial charge on any atom is -0.316 e. The van der Waals surface area contributed by atoms with E-state index in [2.05, 4.69) is 10.0 Å². The number of rotatable bonds is 4. The molecule has 5 nitrogen and oxygen atoms in total. The highest BCUT2D eigenvalue weighted by atomic mass is 32.2. The van der Waals surface area contributed by atoms with Crippen LogP contribution in [-0.4, -0.2) is 15.5 Å². The first kappa shape index (κ1) is 11.0. The number of anilines is 1. The van der Waals surface area contributed by atoms with E-state index < -0.39 is 10.2 Å². The Bertz CT molecular complexity index is 403. The molecule has 0 saturated carbocycles. The maximum Gasteiger partial charge on any atom is 0.296 e. The molecule has 0 amide bonds. The van der Waals surface area contributed by atoms with Gasteiger partial charge in [-0.15, -0.1) is 0 Å². The fourth-order valence-corrected chi connectivity index (χ4v) is 1.57. The van der Waals surface area contributed by atoms with Crippen molar-refractivity contribution in [2.75, 3.05) is 11.8 Å². The lowest BCUT2D eigenvalue weighted by molar-refractivity contribution is 0.603. The number of benzene rings is 1. The van der Waals surface area contributed by atoms with E-state index in [0.29, 0.717) is 12.2 Å². The Labute approximate surface area is 83.5 Å². The Morgan fingerprint density at radius 2 is 2.14 bits per heavy atom. The molecule has 0 fully saturated rings. The molecule has 0 aromatic heterocycles. The maximum absolute atomic E-state index is 10.7. The zero-order valence-electron chi connectivity index (χ0n) is 7.82. The lowest BCUT2D eigenvalue weighted by Gasteiger charge is -2.05. The fourth-order valence-electron chi connectivity index (χ4n) is 1.11. The summed E-state index contributed by atoms with van der Waals surface area (Å²) in [4.78, 5) is 0. The van der Waals surface area contributed by atoms with Gasteiger partial charge in [-0.2, -0.15) is 8.42 Å². The van der Waals surface area contributed by atoms with Crippen LogP contribution >= 0.6 is 0 Å². The Hall–Kier alpha value is -1.11. The normalized spacial score (nSPS) is 11.3. The molecule has 78 valence electrons. The average Bonchev–Trinajstić information content (AvgIpc) is 2.02. The molecule has 0 heterocycles. The lowest BCUT2D eigenvalue weighted by Crippen LogP contribution is -2.21. The minimum absolute atomic E-state index is 0.472. The van der Waals surface area contributed by atoms with E-state index in [1.165, 1.54) is 0 Å². The molecular weight excluding hydrogens is 202 g/mol. The zero-order chi connectivity index (χ0) is 10.6. The van der Waals surface area contributed by atoms with Crippen LogP contribution in [0.5, 0.6) is 0 Å². The second-order valence-corrected chi connectivity index (χ2v) is 4.17. The average molecular weight is 215 g/mol. The molecule has 0 spiro atoms. The highest BCUT2D eigenvalue weighted by Crippen LogP contribution is 2.10. The highest BCUT2D eigenvalue weighted by molar-refractivity contribution is 7.90. The van der Waals surface area contributed by atoms with Gasteiger partial charge in [-0.25, -0.2) is 5.14 Å². The molecule has 0 saturated heterocycles. The van der Waals surface area contributed by atoms with Gasteiger partial charge < -0.3 is 5.32 Å². The molecule has 4 N–H and O–H groups in total. The second kappa shape index (κ2) is 4.41. The second-order valence-electron chi connectivity index (χ2n) is 2.88. The van der Waals surface area contributed by atoms with Gasteiger partial charge in [0.15, 0.2) is 0 Å². The molecule has 0 atom stereocenters. The van der Waals surface area contributed by atoms with Gasteiger partial charge in [-0.05, 0) is 24.7 Å². The zero-order valence-corrected chi connectivity index (χ0v) is 8.64. The van der Waals surface area contributed by atoms with Gasteiger partial charge in [-0.3, -0.25) is 4.72 Å². The predicted octanol–water partition coefficient (Wildman–Crippen LogP) is 0.0214. The summed E-state index contributed by atoms with van der Waals surface area (Å²) in [6.07, 6.45) is 0. The standard InChI is InChI=1S/C8H13N3O2S/c1-10-6-7-3-2-4-8(5-7)11-14(9,12)13/h2-5,10-11H,6H2,1H3,(H2,9,12,13). The van der Waals surface area contributed by atoms with Gasteiger partial charge in [0.05, 0.1) is 5.69 Å². The van der Waals surface area contributed by atoms with Crippen molar-refractivity contribution in [3.8, 4) is 0 Å². The van der Waals surface area contributed by atoms with Crippen LogP contribution < -0.4 is 15.2 Å². The molecule has 1 aromatic carbocycles. The van der Waals surface area contributed by atoms with Gasteiger partial charge in [0, 0.05) is 6.54 Å². The van der Waals surface area contributed by atoms with Crippen LogP contribution in [0.1, 0.15) is 5.56 Å². The van der Waals surface area contributed by atoms with Gasteiger partial charge in [-0.1, -0.05) is 12.1 Å². The third kappa shape index (κ3) is 3.73. The molecule has 6 heteroatoms. The SMILES string of the molecule is CNCc1cccc(NS(N)(=O)=O)c1. The fraction of sp³-hybridized carbons (Fsp3) is 0.250. The van der Waals surface area contributed by atoms with Crippen LogP contribution in [0, 0.1) is 0 Å². The van der Waals surface area contributed by atoms with Crippen molar-refractivity contribution in [1.29, 1.82) is 0 Å². The van der Waals surface area contributed by atoms with E-state index in [9.17, 15) is 8.42 Å². The van der Waals surface area contributed by atoms with E-state index in [4.69, 9.17) is 5.14 Å². The number of hydrogen-bond acceptors (Lipinski definition) is 3. The van der Waals surface area contributed by atoms with E-state index in [0.717, 1.165) is 5.56 Å². The topological polar surface area (TPSA) is 84.2 Å². The predicted molar refractivity (Wildman–Crippen MR) is 55.9 cm³/mol. The van der Waals surface area contributed by atoms with Crippen molar-refractivity contribution < 1.29 is 8.42 Å². The molecule has 1 aromatic rings. The van der Waals surface area contributed by atoms with Crippen LogP contribution in [0.3, 0.4) is 0 Å². The number of nitrogens with two attached hydrogens (primary N) is 1. The van der Waals surface area contributed by atoms with Crippen molar-refractivity contribution in [2.45, 2.75) is 6.54 Å². The first-order valence-corrected chi connectivity index (χ1v) is 5.60. The molecule has 1 rings (SSSR count). The van der Waals surface area contributed by atoms with Gasteiger partial charge in [0.2, 0.25) is 0 Å². The summed E-state index contributed by atoms with van der Waals surface area (Å²) >= 11 is 0. The van der Waals surface area contributed by atoms with Gasteiger partial charge >= 0.3 is 0 Å². The van der Waals surface area contributed by atoms with E-state index in [-0.39, 0.29) is 0 Å². The molecular formula is C8H13N3O2S. The maximum atomic E-state index is 10.7. The van der Waals surface area contributed by atoms with E-state index in [1.807, 2.05) is 13.1 Å². The first-order valence-electron chi connectivity index (χ1n) is 4.05. The van der Waals surface area contributed by atoms with Crippen molar-refractivity contribution >= 4 is 15.9 Å². The third-order valence-corrected chi connectivity index (χ3v) is 2.09. The van der Waals surface area contributed by atoms with Crippen LogP contribution in [0.4, 0.5) is 5.69 Å². The monoisotopic (exact) mass is 215 g/mol. The Morgan fingerprint density at radius 3 is 2.71 bits per heavy atom. The van der Waals surface area contributed by atoms with Crippen molar-refractivity contribution in [1.82, 2.24) is 5.32 Å². The van der Waals surface area contributed by atoms with Crippen LogP contribution in [0.2, 0.25) is 0 Å². The van der Waals surface area contributed by atoms with Crippen LogP contribution in [-0.2, 0) is 16.8 Å². The molecule has 0 unspecified atom stereocenters. The van der Waals surface area contributed by atoms with Crippen molar-refractivity contribution in [2.24, 2.45) is 5.14 Å². The Balaban J connectivity index is 2.83. The van der Waals surface area contributed by atoms with Crippen LogP contribution in [0.25, 0.3) is 0 Å². The van der Waals surface area contributed by atoms with Crippen molar-refractivity contribution in [3.63, 3.8) is 0 Å². The Kier molecular flexibility index (Phi) is 3.45. The van der Waals surface area contributed by atoms with Crippen molar-refractivity contribution in [3.05, 3.63) is 29.8 Å². The van der Waals surface area contributed by atoms with Gasteiger partial charge in [0.25, 0.3) is 10.2 Å². The summed E-state index contributed by atoms with van der Waals surface area (Å²) in [6.45, 7) is 0.681. The Morgan fingerprint density at radius 1 is 1.43 bits per heavy atom. The highest BCUT2D eigenvalue weighted by Gasteiger charge is 2.01. The van der Waals surface area contributed by atoms with Crippen LogP contribution in [0.15, 0.2) is 24.3 Å². The molecule has 0 aliphatic heterocycles. The van der Waals surface area contributed by atoms with Gasteiger partial charge in [0.1, 0.15) is 0 Å². The molecule has 0 radical (unpaired) electrons. The smallest absolute Gasteiger partial charge is 0.296 e. The summed E-state index contributed by atoms with van der Waals surface area (Å²) in [6, 6.07) is 7.02. The summed E-state index contributed by atoms with van der Waals surface area (Å²) in [5.41, 5.74) is 1.46. The molecule has 0 aliphatic rings. The summed E-state index contributed by atoms with van der Waals surface area (Å²) in [7, 11) is -1.86. The third-order valence-electron chi connectivity index (χ3n) is 1.57. The number of nitrogens with one attached hydrogen (secondary N) is 2. The summed E-state index contributed by atoms with van der Waals surface area (Å²) in [5.74, 6) is 0. The summed E-state index contributed by atoms with van der Waals surface area (Å²) < 4.78 is 23.6. The summed E-state index contributed by atoms with van der Waals surface area (Å²) in [5, 5.41) is 7.80. The molecule has 0 aliphatic carbocycles. The van der Waals surface area contributed by atoms with E-state index >= 15 is 0 Å². The quantitative estimate of drug-likeness (QED) is 0.662. The lowest BCUT2D eigenvalue weighted by atomic mass is 10.2. The number of hydrogen-bond donors (Lipinski definition) is 3.